The molecule has 5 rings (SSSR count). The first-order chi connectivity index (χ1) is 16.9. The summed E-state index contributed by atoms with van der Waals surface area (Å²) < 4.78 is 13.5. The molecule has 0 amide bonds. The lowest BCUT2D eigenvalue weighted by Crippen LogP contribution is -2.04. The third-order valence-electron chi connectivity index (χ3n) is 6.45. The fourth-order valence-electron chi connectivity index (χ4n) is 4.33. The van der Waals surface area contributed by atoms with E-state index in [1.54, 1.807) is 37.0 Å². The predicted molar refractivity (Wildman–Crippen MR) is 135 cm³/mol. The van der Waals surface area contributed by atoms with Crippen LogP contribution >= 0.6 is 0 Å². The summed E-state index contributed by atoms with van der Waals surface area (Å²) in [6.07, 6.45) is 3.54. The fraction of sp³-hybridized carbons (Fsp3) is 0.172. The van der Waals surface area contributed by atoms with Gasteiger partial charge in [0.2, 0.25) is 0 Å². The minimum atomic E-state index is -0.209. The summed E-state index contributed by atoms with van der Waals surface area (Å²) in [6, 6.07) is 17.2. The second kappa shape index (κ2) is 8.80. The number of carbonyl (C=O) groups excluding carboxylic acids is 1. The number of aromatic nitrogens is 2. The second-order valence-corrected chi connectivity index (χ2v) is 8.78. The van der Waals surface area contributed by atoms with Gasteiger partial charge in [0.05, 0.1) is 31.0 Å². The molecule has 0 unspecified atom stereocenters. The topological polar surface area (TPSA) is 77.5 Å². The summed E-state index contributed by atoms with van der Waals surface area (Å²) >= 11 is 0. The minimum Gasteiger partial charge on any atom is -0.504 e. The SMILES string of the molecule is COc1cc(C(=O)c2c(-c3cnn(Cc4ccccc4)c3)oc3c(O)c(C)ccc23)cc(C)c1C. The maximum Gasteiger partial charge on any atom is 0.197 e. The highest BCUT2D eigenvalue weighted by Crippen LogP contribution is 2.40. The summed E-state index contributed by atoms with van der Waals surface area (Å²) in [6.45, 7) is 6.29. The van der Waals surface area contributed by atoms with Crippen molar-refractivity contribution in [3.63, 3.8) is 0 Å². The largest absolute Gasteiger partial charge is 0.504 e. The first-order valence-electron chi connectivity index (χ1n) is 11.4. The van der Waals surface area contributed by atoms with Gasteiger partial charge in [0.25, 0.3) is 0 Å². The zero-order valence-corrected chi connectivity index (χ0v) is 20.1. The Labute approximate surface area is 203 Å². The number of nitrogens with zero attached hydrogens (tertiary/aromatic N) is 2. The molecule has 35 heavy (non-hydrogen) atoms. The smallest absolute Gasteiger partial charge is 0.197 e. The summed E-state index contributed by atoms with van der Waals surface area (Å²) in [5.74, 6) is 0.843. The maximum absolute atomic E-state index is 13.9. The zero-order valence-electron chi connectivity index (χ0n) is 20.1. The molecule has 0 aliphatic heterocycles. The van der Waals surface area contributed by atoms with Crippen molar-refractivity contribution in [1.82, 2.24) is 9.78 Å². The Morgan fingerprint density at radius 2 is 1.83 bits per heavy atom. The number of benzene rings is 3. The van der Waals surface area contributed by atoms with E-state index in [1.807, 2.05) is 62.5 Å². The highest BCUT2D eigenvalue weighted by molar-refractivity contribution is 6.20. The van der Waals surface area contributed by atoms with Gasteiger partial charge in [0.15, 0.2) is 17.1 Å². The van der Waals surface area contributed by atoms with E-state index in [1.165, 1.54) is 0 Å². The van der Waals surface area contributed by atoms with Crippen molar-refractivity contribution in [1.29, 1.82) is 0 Å². The molecule has 0 aliphatic rings. The Balaban J connectivity index is 1.66. The number of methoxy groups -OCH3 is 1. The number of furan rings is 1. The van der Waals surface area contributed by atoms with Gasteiger partial charge >= 0.3 is 0 Å². The Bertz CT molecular complexity index is 1560. The molecule has 3 aromatic carbocycles. The Morgan fingerprint density at radius 3 is 2.57 bits per heavy atom. The van der Waals surface area contributed by atoms with Gasteiger partial charge in [0.1, 0.15) is 11.5 Å². The first-order valence-corrected chi connectivity index (χ1v) is 11.4. The number of hydrogen-bond acceptors (Lipinski definition) is 5. The number of aromatic hydroxyl groups is 1. The van der Waals surface area contributed by atoms with Gasteiger partial charge in [-0.1, -0.05) is 36.4 Å². The number of aryl methyl sites for hydroxylation is 2. The van der Waals surface area contributed by atoms with E-state index < -0.39 is 0 Å². The van der Waals surface area contributed by atoms with Crippen LogP contribution in [0.25, 0.3) is 22.3 Å². The molecule has 0 radical (unpaired) electrons. The van der Waals surface area contributed by atoms with Gasteiger partial charge < -0.3 is 14.3 Å². The van der Waals surface area contributed by atoms with Gasteiger partial charge in [0, 0.05) is 17.1 Å². The maximum atomic E-state index is 13.9. The molecule has 2 heterocycles. The van der Waals surface area contributed by atoms with Gasteiger partial charge in [-0.15, -0.1) is 0 Å². The molecule has 176 valence electrons. The normalized spacial score (nSPS) is 11.2. The van der Waals surface area contributed by atoms with Crippen LogP contribution in [0.4, 0.5) is 0 Å². The minimum absolute atomic E-state index is 0.0251. The van der Waals surface area contributed by atoms with Crippen molar-refractivity contribution in [3.8, 4) is 22.8 Å². The van der Waals surface area contributed by atoms with Crippen LogP contribution in [0.1, 0.15) is 38.2 Å². The fourth-order valence-corrected chi connectivity index (χ4v) is 4.33. The average Bonchev–Trinajstić information content (AvgIpc) is 3.48. The quantitative estimate of drug-likeness (QED) is 0.301. The van der Waals surface area contributed by atoms with Crippen molar-refractivity contribution < 1.29 is 19.1 Å². The lowest BCUT2D eigenvalue weighted by atomic mass is 9.95. The van der Waals surface area contributed by atoms with Crippen LogP contribution in [-0.2, 0) is 6.54 Å². The Morgan fingerprint density at radius 1 is 1.06 bits per heavy atom. The van der Waals surface area contributed by atoms with Gasteiger partial charge in [-0.2, -0.15) is 5.10 Å². The van der Waals surface area contributed by atoms with E-state index >= 15 is 0 Å². The monoisotopic (exact) mass is 466 g/mol. The van der Waals surface area contributed by atoms with Crippen molar-refractivity contribution in [2.45, 2.75) is 27.3 Å². The molecule has 0 spiro atoms. The van der Waals surface area contributed by atoms with Crippen LogP contribution < -0.4 is 4.74 Å². The number of fused-ring (bicyclic) bond motifs is 1. The summed E-state index contributed by atoms with van der Waals surface area (Å²) in [4.78, 5) is 13.9. The molecule has 6 nitrogen and oxygen atoms in total. The number of rotatable bonds is 6. The number of ketones is 1. The number of ether oxygens (including phenoxy) is 1. The first kappa shape index (κ1) is 22.5. The van der Waals surface area contributed by atoms with Crippen LogP contribution in [0.5, 0.6) is 11.5 Å². The summed E-state index contributed by atoms with van der Waals surface area (Å²) in [5.41, 5.74) is 5.55. The van der Waals surface area contributed by atoms with Gasteiger partial charge in [-0.3, -0.25) is 9.48 Å². The van der Waals surface area contributed by atoms with Gasteiger partial charge in [-0.25, -0.2) is 0 Å². The summed E-state index contributed by atoms with van der Waals surface area (Å²) in [5, 5.41) is 15.8. The molecule has 0 saturated heterocycles. The molecule has 0 fully saturated rings. The highest BCUT2D eigenvalue weighted by atomic mass is 16.5. The van der Waals surface area contributed by atoms with E-state index in [4.69, 9.17) is 9.15 Å². The van der Waals surface area contributed by atoms with E-state index in [-0.39, 0.29) is 17.1 Å². The van der Waals surface area contributed by atoms with E-state index in [0.717, 1.165) is 16.7 Å². The van der Waals surface area contributed by atoms with Crippen molar-refractivity contribution >= 4 is 16.8 Å². The number of phenolic OH excluding ortho intramolecular Hbond substituents is 1. The molecule has 2 aromatic heterocycles. The molecular formula is C29H26N2O4. The van der Waals surface area contributed by atoms with E-state index in [9.17, 15) is 9.90 Å². The van der Waals surface area contributed by atoms with Crippen molar-refractivity contribution in [2.75, 3.05) is 7.11 Å². The number of phenols is 1. The second-order valence-electron chi connectivity index (χ2n) is 8.78. The molecule has 0 bridgehead atoms. The lowest BCUT2D eigenvalue weighted by Gasteiger charge is -2.11. The molecular weight excluding hydrogens is 440 g/mol. The third kappa shape index (κ3) is 3.97. The van der Waals surface area contributed by atoms with E-state index in [0.29, 0.717) is 45.7 Å². The average molecular weight is 467 g/mol. The Kier molecular flexibility index (Phi) is 5.65. The lowest BCUT2D eigenvalue weighted by molar-refractivity contribution is 0.104. The summed E-state index contributed by atoms with van der Waals surface area (Å²) in [7, 11) is 1.59. The number of hydrogen-bond donors (Lipinski definition) is 1. The van der Waals surface area contributed by atoms with Crippen LogP contribution in [-0.4, -0.2) is 27.8 Å². The molecule has 0 saturated carbocycles. The van der Waals surface area contributed by atoms with Crippen LogP contribution in [0.15, 0.2) is 71.4 Å². The molecule has 5 aromatic rings. The van der Waals surface area contributed by atoms with Crippen molar-refractivity contribution in [2.24, 2.45) is 0 Å². The standard InChI is InChI=1S/C29H26N2O4/c1-17-10-11-23-25(27(33)21-12-18(2)19(3)24(13-21)34-4)28(35-29(23)26(17)32)22-14-30-31(16-22)15-20-8-6-5-7-9-20/h5-14,16,32H,15H2,1-4H3. The third-order valence-corrected chi connectivity index (χ3v) is 6.45. The van der Waals surface area contributed by atoms with Crippen LogP contribution in [0.3, 0.4) is 0 Å². The van der Waals surface area contributed by atoms with Crippen LogP contribution in [0, 0.1) is 20.8 Å². The molecule has 6 heteroatoms. The number of carbonyl (C=O) groups is 1. The highest BCUT2D eigenvalue weighted by Gasteiger charge is 2.27. The predicted octanol–water partition coefficient (Wildman–Crippen LogP) is 6.22. The van der Waals surface area contributed by atoms with Gasteiger partial charge in [-0.05, 0) is 61.2 Å². The molecule has 0 aliphatic carbocycles. The molecule has 0 atom stereocenters. The van der Waals surface area contributed by atoms with Crippen LogP contribution in [0.2, 0.25) is 0 Å². The zero-order chi connectivity index (χ0) is 24.7. The molecule has 1 N–H and O–H groups in total. The Hall–Kier alpha value is -4.32. The van der Waals surface area contributed by atoms with Crippen molar-refractivity contribution in [3.05, 3.63) is 100 Å². The van der Waals surface area contributed by atoms with E-state index in [2.05, 4.69) is 5.10 Å².